The van der Waals surface area contributed by atoms with Crippen LogP contribution in [0.15, 0.2) is 12.4 Å². The summed E-state index contributed by atoms with van der Waals surface area (Å²) < 4.78 is 0. The maximum atomic E-state index is 9.52. The summed E-state index contributed by atoms with van der Waals surface area (Å²) in [4.78, 5) is 16.6. The van der Waals surface area contributed by atoms with E-state index in [0.29, 0.717) is 5.92 Å². The molecule has 0 bridgehead atoms. The lowest BCUT2D eigenvalue weighted by Gasteiger charge is -2.38. The molecule has 3 fully saturated rings. The first-order valence-corrected chi connectivity index (χ1v) is 11.4. The van der Waals surface area contributed by atoms with Crippen LogP contribution in [0.25, 0.3) is 0 Å². The van der Waals surface area contributed by atoms with Crippen LogP contribution in [0.5, 0.6) is 0 Å². The summed E-state index contributed by atoms with van der Waals surface area (Å²) >= 11 is 0. The minimum atomic E-state index is 0.275. The minimum Gasteiger partial charge on any atom is -0.396 e. The Hall–Kier alpha value is -1.40. The van der Waals surface area contributed by atoms with E-state index in [2.05, 4.69) is 37.7 Å². The molecule has 0 spiro atoms. The number of rotatable bonds is 5. The number of likely N-dealkylation sites (tertiary alicyclic amines) is 1. The Morgan fingerprint density at radius 3 is 2.14 bits per heavy atom. The first-order chi connectivity index (χ1) is 13.7. The molecule has 1 N–H and O–H groups in total. The third-order valence-electron chi connectivity index (χ3n) is 6.98. The fourth-order valence-corrected chi connectivity index (χ4v) is 5.14. The third kappa shape index (κ3) is 4.95. The minimum absolute atomic E-state index is 0.275. The fourth-order valence-electron chi connectivity index (χ4n) is 5.14. The van der Waals surface area contributed by atoms with Gasteiger partial charge in [-0.25, -0.2) is 9.97 Å². The molecule has 28 heavy (non-hydrogen) atoms. The van der Waals surface area contributed by atoms with Crippen molar-refractivity contribution in [3.63, 3.8) is 0 Å². The highest BCUT2D eigenvalue weighted by Crippen LogP contribution is 2.27. The van der Waals surface area contributed by atoms with Crippen molar-refractivity contribution in [3.8, 4) is 0 Å². The summed E-state index contributed by atoms with van der Waals surface area (Å²) in [6.45, 7) is 10.6. The van der Waals surface area contributed by atoms with Gasteiger partial charge >= 0.3 is 0 Å². The number of anilines is 2. The summed E-state index contributed by atoms with van der Waals surface area (Å²) in [5, 5.41) is 9.52. The summed E-state index contributed by atoms with van der Waals surface area (Å²) in [5.74, 6) is 4.12. The zero-order valence-electron chi connectivity index (χ0n) is 17.5. The van der Waals surface area contributed by atoms with E-state index in [1.165, 1.54) is 45.3 Å². The number of aromatic nitrogens is 2. The Morgan fingerprint density at radius 2 is 1.50 bits per heavy atom. The van der Waals surface area contributed by atoms with Gasteiger partial charge in [0.1, 0.15) is 18.0 Å². The number of hydrogen-bond acceptors (Lipinski definition) is 6. The van der Waals surface area contributed by atoms with E-state index in [4.69, 9.17) is 0 Å². The van der Waals surface area contributed by atoms with Gasteiger partial charge in [0.2, 0.25) is 0 Å². The van der Waals surface area contributed by atoms with E-state index in [0.717, 1.165) is 62.5 Å². The molecule has 4 rings (SSSR count). The summed E-state index contributed by atoms with van der Waals surface area (Å²) in [7, 11) is 0. The highest BCUT2D eigenvalue weighted by atomic mass is 16.3. The normalized spacial score (nSPS) is 27.9. The van der Waals surface area contributed by atoms with Gasteiger partial charge < -0.3 is 19.8 Å². The van der Waals surface area contributed by atoms with E-state index >= 15 is 0 Å². The van der Waals surface area contributed by atoms with Gasteiger partial charge in [-0.1, -0.05) is 6.92 Å². The number of piperidine rings is 3. The Balaban J connectivity index is 1.37. The van der Waals surface area contributed by atoms with Gasteiger partial charge in [-0.3, -0.25) is 0 Å². The topological polar surface area (TPSA) is 55.7 Å². The van der Waals surface area contributed by atoms with E-state index in [1.807, 2.05) is 0 Å². The molecule has 0 aliphatic carbocycles. The molecule has 6 heteroatoms. The quantitative estimate of drug-likeness (QED) is 0.838. The van der Waals surface area contributed by atoms with Gasteiger partial charge in [-0.05, 0) is 69.4 Å². The Labute approximate surface area is 169 Å². The monoisotopic (exact) mass is 387 g/mol. The Kier molecular flexibility index (Phi) is 6.68. The molecule has 4 heterocycles. The maximum absolute atomic E-state index is 9.52. The molecule has 156 valence electrons. The van der Waals surface area contributed by atoms with Crippen molar-refractivity contribution in [1.82, 2.24) is 14.9 Å². The first kappa shape index (κ1) is 19.9. The maximum Gasteiger partial charge on any atom is 0.134 e. The average molecular weight is 388 g/mol. The average Bonchev–Trinajstić information content (AvgIpc) is 2.76. The van der Waals surface area contributed by atoms with Crippen LogP contribution in [0.1, 0.15) is 45.4 Å². The van der Waals surface area contributed by atoms with Crippen LogP contribution >= 0.6 is 0 Å². The van der Waals surface area contributed by atoms with Gasteiger partial charge in [0.25, 0.3) is 0 Å². The lowest BCUT2D eigenvalue weighted by atomic mass is 9.94. The summed E-state index contributed by atoms with van der Waals surface area (Å²) in [5.41, 5.74) is 0. The fraction of sp³-hybridized carbons (Fsp3) is 0.818. The molecule has 2 unspecified atom stereocenters. The van der Waals surface area contributed by atoms with Crippen LogP contribution < -0.4 is 9.80 Å². The number of aliphatic hydroxyl groups excluding tert-OH is 1. The molecule has 3 aliphatic heterocycles. The van der Waals surface area contributed by atoms with Gasteiger partial charge in [-0.15, -0.1) is 0 Å². The van der Waals surface area contributed by atoms with Crippen LogP contribution in [-0.2, 0) is 0 Å². The second kappa shape index (κ2) is 9.40. The van der Waals surface area contributed by atoms with Crippen molar-refractivity contribution < 1.29 is 5.11 Å². The number of hydrogen-bond donors (Lipinski definition) is 1. The molecule has 0 aromatic carbocycles. The Morgan fingerprint density at radius 1 is 0.893 bits per heavy atom. The van der Waals surface area contributed by atoms with Crippen LogP contribution in [0.4, 0.5) is 11.6 Å². The molecule has 0 amide bonds. The zero-order chi connectivity index (χ0) is 19.3. The van der Waals surface area contributed by atoms with E-state index in [9.17, 15) is 5.11 Å². The van der Waals surface area contributed by atoms with Crippen molar-refractivity contribution in [2.24, 2.45) is 17.8 Å². The van der Waals surface area contributed by atoms with E-state index in [1.54, 1.807) is 6.33 Å². The molecule has 1 aromatic heterocycles. The van der Waals surface area contributed by atoms with Gasteiger partial charge in [-0.2, -0.15) is 0 Å². The van der Waals surface area contributed by atoms with Crippen LogP contribution in [-0.4, -0.2) is 72.4 Å². The summed E-state index contributed by atoms with van der Waals surface area (Å²) in [6.07, 6.45) is 9.28. The molecule has 6 nitrogen and oxygen atoms in total. The third-order valence-corrected chi connectivity index (χ3v) is 6.98. The summed E-state index contributed by atoms with van der Waals surface area (Å²) in [6, 6.07) is 2.17. The van der Waals surface area contributed by atoms with E-state index < -0.39 is 0 Å². The number of nitrogens with zero attached hydrogens (tertiary/aromatic N) is 5. The van der Waals surface area contributed by atoms with Crippen LogP contribution in [0, 0.1) is 17.8 Å². The molecule has 0 saturated carbocycles. The van der Waals surface area contributed by atoms with Crippen molar-refractivity contribution in [2.75, 3.05) is 62.2 Å². The molecule has 0 radical (unpaired) electrons. The van der Waals surface area contributed by atoms with Crippen molar-refractivity contribution in [3.05, 3.63) is 12.4 Å². The molecular formula is C22H37N5O. The lowest BCUT2D eigenvalue weighted by molar-refractivity contribution is 0.159. The van der Waals surface area contributed by atoms with Crippen molar-refractivity contribution in [1.29, 1.82) is 0 Å². The predicted molar refractivity (Wildman–Crippen MR) is 114 cm³/mol. The zero-order valence-corrected chi connectivity index (χ0v) is 17.5. The van der Waals surface area contributed by atoms with E-state index in [-0.39, 0.29) is 6.61 Å². The van der Waals surface area contributed by atoms with Gasteiger partial charge in [0, 0.05) is 45.4 Å². The lowest BCUT2D eigenvalue weighted by Crippen LogP contribution is -2.43. The molecule has 1 aromatic rings. The molecule has 3 saturated heterocycles. The molecule has 2 atom stereocenters. The van der Waals surface area contributed by atoms with Gasteiger partial charge in [0.15, 0.2) is 0 Å². The predicted octanol–water partition coefficient (Wildman–Crippen LogP) is 2.63. The number of aliphatic hydroxyl groups is 1. The second-order valence-corrected chi connectivity index (χ2v) is 9.31. The SMILES string of the molecule is CC1CCN(CC2CCCN(c3cc(N4CCCC(CO)C4)ncn3)C2)CC1. The highest BCUT2D eigenvalue weighted by Gasteiger charge is 2.26. The molecular weight excluding hydrogens is 350 g/mol. The smallest absolute Gasteiger partial charge is 0.134 e. The first-order valence-electron chi connectivity index (χ1n) is 11.4. The second-order valence-electron chi connectivity index (χ2n) is 9.31. The van der Waals surface area contributed by atoms with Gasteiger partial charge in [0.05, 0.1) is 0 Å². The highest BCUT2D eigenvalue weighted by molar-refractivity contribution is 5.50. The largest absolute Gasteiger partial charge is 0.396 e. The van der Waals surface area contributed by atoms with Crippen molar-refractivity contribution >= 4 is 11.6 Å². The molecule has 3 aliphatic rings. The van der Waals surface area contributed by atoms with Crippen LogP contribution in [0.2, 0.25) is 0 Å². The Bertz CT molecular complexity index is 619. The van der Waals surface area contributed by atoms with Crippen molar-refractivity contribution in [2.45, 2.75) is 45.4 Å². The standard InChI is InChI=1S/C22H37N5O/c1-18-6-10-25(11-7-18)13-19-4-2-8-26(14-19)21-12-22(24-17-23-21)27-9-3-5-20(15-27)16-28/h12,17-20,28H,2-11,13-16H2,1H3. The van der Waals surface area contributed by atoms with Crippen LogP contribution in [0.3, 0.4) is 0 Å².